The zero-order valence-corrected chi connectivity index (χ0v) is 11.6. The van der Waals surface area contributed by atoms with Crippen LogP contribution in [0.15, 0.2) is 36.7 Å². The van der Waals surface area contributed by atoms with Crippen LogP contribution >= 0.6 is 0 Å². The van der Waals surface area contributed by atoms with E-state index in [-0.39, 0.29) is 0 Å². The Kier molecular flexibility index (Phi) is 4.98. The number of hydrogen-bond acceptors (Lipinski definition) is 3. The third kappa shape index (κ3) is 3.83. The number of benzene rings is 1. The second kappa shape index (κ2) is 6.95. The molecule has 0 saturated carbocycles. The van der Waals surface area contributed by atoms with Crippen molar-refractivity contribution in [2.45, 2.75) is 19.9 Å². The van der Waals surface area contributed by atoms with E-state index in [9.17, 15) is 0 Å². The van der Waals surface area contributed by atoms with Crippen molar-refractivity contribution >= 4 is 5.95 Å². The fourth-order valence-electron chi connectivity index (χ4n) is 2.05. The molecule has 0 saturated heterocycles. The van der Waals surface area contributed by atoms with E-state index in [1.54, 1.807) is 7.11 Å². The van der Waals surface area contributed by atoms with Gasteiger partial charge in [0.1, 0.15) is 0 Å². The summed E-state index contributed by atoms with van der Waals surface area (Å²) in [7, 11) is 1.71. The second-order valence-electron chi connectivity index (χ2n) is 4.54. The predicted octanol–water partition coefficient (Wildman–Crippen LogP) is 2.49. The van der Waals surface area contributed by atoms with Crippen LogP contribution < -0.4 is 5.32 Å². The number of nitrogens with one attached hydrogen (secondary N) is 1. The Morgan fingerprint density at radius 1 is 1.32 bits per heavy atom. The molecule has 0 atom stereocenters. The highest BCUT2D eigenvalue weighted by Gasteiger charge is 2.02. The fraction of sp³-hybridized carbons (Fsp3) is 0.400. The van der Waals surface area contributed by atoms with E-state index in [1.807, 2.05) is 12.4 Å². The maximum atomic E-state index is 5.08. The number of imidazole rings is 1. The van der Waals surface area contributed by atoms with Gasteiger partial charge in [-0.2, -0.15) is 0 Å². The van der Waals surface area contributed by atoms with Gasteiger partial charge in [0.05, 0.1) is 6.61 Å². The molecule has 0 bridgehead atoms. The van der Waals surface area contributed by atoms with Gasteiger partial charge in [-0.25, -0.2) is 4.98 Å². The summed E-state index contributed by atoms with van der Waals surface area (Å²) in [6, 6.07) is 8.48. The van der Waals surface area contributed by atoms with Gasteiger partial charge in [-0.1, -0.05) is 24.3 Å². The van der Waals surface area contributed by atoms with Crippen LogP contribution in [0.5, 0.6) is 0 Å². The molecule has 102 valence electrons. The van der Waals surface area contributed by atoms with Crippen molar-refractivity contribution in [2.75, 3.05) is 25.6 Å². The zero-order valence-electron chi connectivity index (χ0n) is 11.6. The van der Waals surface area contributed by atoms with Gasteiger partial charge in [0, 0.05) is 32.6 Å². The highest BCUT2D eigenvalue weighted by Crippen LogP contribution is 2.09. The normalized spacial score (nSPS) is 10.6. The minimum atomic E-state index is 0.697. The van der Waals surface area contributed by atoms with E-state index in [0.717, 1.165) is 25.5 Å². The molecular formula is C15H21N3O. The molecule has 0 spiro atoms. The van der Waals surface area contributed by atoms with E-state index in [0.29, 0.717) is 6.61 Å². The third-order valence-electron chi connectivity index (χ3n) is 3.19. The van der Waals surface area contributed by atoms with Crippen LogP contribution in [-0.4, -0.2) is 29.8 Å². The van der Waals surface area contributed by atoms with Crippen molar-refractivity contribution in [1.82, 2.24) is 9.55 Å². The van der Waals surface area contributed by atoms with Gasteiger partial charge in [0.2, 0.25) is 5.95 Å². The monoisotopic (exact) mass is 259 g/mol. The molecule has 0 radical (unpaired) electrons. The van der Waals surface area contributed by atoms with E-state index in [1.165, 1.54) is 11.1 Å². The average Bonchev–Trinajstić information content (AvgIpc) is 2.86. The standard InChI is InChI=1S/C15H21N3O/c1-13-5-3-4-6-14(13)7-8-16-15-17-9-10-18(15)11-12-19-2/h3-6,9-10H,7-8,11-12H2,1-2H3,(H,16,17). The van der Waals surface area contributed by atoms with Crippen molar-refractivity contribution in [3.05, 3.63) is 47.8 Å². The number of ether oxygens (including phenoxy) is 1. The molecule has 2 rings (SSSR count). The first-order valence-electron chi connectivity index (χ1n) is 6.59. The van der Waals surface area contributed by atoms with Gasteiger partial charge in [-0.3, -0.25) is 0 Å². The third-order valence-corrected chi connectivity index (χ3v) is 3.19. The minimum absolute atomic E-state index is 0.697. The molecule has 19 heavy (non-hydrogen) atoms. The summed E-state index contributed by atoms with van der Waals surface area (Å²) in [6.45, 7) is 4.55. The molecule has 1 aromatic carbocycles. The second-order valence-corrected chi connectivity index (χ2v) is 4.54. The fourth-order valence-corrected chi connectivity index (χ4v) is 2.05. The van der Waals surface area contributed by atoms with Crippen molar-refractivity contribution in [3.63, 3.8) is 0 Å². The largest absolute Gasteiger partial charge is 0.383 e. The van der Waals surface area contributed by atoms with Crippen molar-refractivity contribution in [3.8, 4) is 0 Å². The van der Waals surface area contributed by atoms with Crippen LogP contribution in [0, 0.1) is 6.92 Å². The van der Waals surface area contributed by atoms with Gasteiger partial charge < -0.3 is 14.6 Å². The molecule has 0 aliphatic rings. The Labute approximate surface area is 114 Å². The van der Waals surface area contributed by atoms with Crippen LogP contribution in [0.3, 0.4) is 0 Å². The molecule has 1 aromatic heterocycles. The molecule has 0 aliphatic carbocycles. The van der Waals surface area contributed by atoms with Gasteiger partial charge >= 0.3 is 0 Å². The molecule has 0 unspecified atom stereocenters. The van der Waals surface area contributed by atoms with Gasteiger partial charge in [0.15, 0.2) is 0 Å². The molecule has 2 aromatic rings. The van der Waals surface area contributed by atoms with Gasteiger partial charge in [-0.05, 0) is 24.5 Å². The first-order chi connectivity index (χ1) is 9.31. The van der Waals surface area contributed by atoms with Crippen molar-refractivity contribution in [1.29, 1.82) is 0 Å². The number of methoxy groups -OCH3 is 1. The quantitative estimate of drug-likeness (QED) is 0.830. The molecule has 4 heteroatoms. The number of nitrogens with zero attached hydrogens (tertiary/aromatic N) is 2. The van der Waals surface area contributed by atoms with Crippen LogP contribution in [-0.2, 0) is 17.7 Å². The first kappa shape index (κ1) is 13.6. The van der Waals surface area contributed by atoms with E-state index in [4.69, 9.17) is 4.74 Å². The summed E-state index contributed by atoms with van der Waals surface area (Å²) in [5.41, 5.74) is 2.72. The Morgan fingerprint density at radius 2 is 2.16 bits per heavy atom. The lowest BCUT2D eigenvalue weighted by molar-refractivity contribution is 0.187. The SMILES string of the molecule is COCCn1ccnc1NCCc1ccccc1C. The van der Waals surface area contributed by atoms with Crippen molar-refractivity contribution in [2.24, 2.45) is 0 Å². The summed E-state index contributed by atoms with van der Waals surface area (Å²) >= 11 is 0. The summed E-state index contributed by atoms with van der Waals surface area (Å²) in [4.78, 5) is 4.32. The van der Waals surface area contributed by atoms with E-state index in [2.05, 4.69) is 46.1 Å². The molecule has 4 nitrogen and oxygen atoms in total. The van der Waals surface area contributed by atoms with E-state index >= 15 is 0 Å². The predicted molar refractivity (Wildman–Crippen MR) is 77.5 cm³/mol. The van der Waals surface area contributed by atoms with E-state index < -0.39 is 0 Å². The molecule has 0 aliphatic heterocycles. The Balaban J connectivity index is 1.86. The maximum Gasteiger partial charge on any atom is 0.202 e. The number of rotatable bonds is 7. The molecular weight excluding hydrogens is 238 g/mol. The smallest absolute Gasteiger partial charge is 0.202 e. The zero-order chi connectivity index (χ0) is 13.5. The molecule has 0 fully saturated rings. The lowest BCUT2D eigenvalue weighted by Crippen LogP contribution is -2.12. The highest BCUT2D eigenvalue weighted by molar-refractivity contribution is 5.29. The summed E-state index contributed by atoms with van der Waals surface area (Å²) in [5, 5.41) is 3.37. The van der Waals surface area contributed by atoms with Crippen LogP contribution in [0.25, 0.3) is 0 Å². The Hall–Kier alpha value is -1.81. The highest BCUT2D eigenvalue weighted by atomic mass is 16.5. The van der Waals surface area contributed by atoms with Gasteiger partial charge in [0.25, 0.3) is 0 Å². The Bertz CT molecular complexity index is 508. The minimum Gasteiger partial charge on any atom is -0.383 e. The average molecular weight is 259 g/mol. The molecule has 1 N–H and O–H groups in total. The number of anilines is 1. The van der Waals surface area contributed by atoms with Crippen LogP contribution in [0.2, 0.25) is 0 Å². The maximum absolute atomic E-state index is 5.08. The molecule has 1 heterocycles. The molecule has 0 amide bonds. The van der Waals surface area contributed by atoms with Crippen LogP contribution in [0.1, 0.15) is 11.1 Å². The Morgan fingerprint density at radius 3 is 2.95 bits per heavy atom. The number of aryl methyl sites for hydroxylation is 1. The lowest BCUT2D eigenvalue weighted by atomic mass is 10.1. The first-order valence-corrected chi connectivity index (χ1v) is 6.59. The summed E-state index contributed by atoms with van der Waals surface area (Å²) < 4.78 is 7.15. The van der Waals surface area contributed by atoms with Gasteiger partial charge in [-0.15, -0.1) is 0 Å². The number of hydrogen-bond donors (Lipinski definition) is 1. The van der Waals surface area contributed by atoms with Crippen LogP contribution in [0.4, 0.5) is 5.95 Å². The number of aromatic nitrogens is 2. The lowest BCUT2D eigenvalue weighted by Gasteiger charge is -2.10. The van der Waals surface area contributed by atoms with Crippen molar-refractivity contribution < 1.29 is 4.74 Å². The topological polar surface area (TPSA) is 39.1 Å². The summed E-state index contributed by atoms with van der Waals surface area (Å²) in [6.07, 6.45) is 4.78. The summed E-state index contributed by atoms with van der Waals surface area (Å²) in [5.74, 6) is 0.908.